The molecule has 0 unspecified atom stereocenters. The number of carbonyl (C=O) groups excluding carboxylic acids is 1. The van der Waals surface area contributed by atoms with Crippen molar-refractivity contribution in [3.8, 4) is 0 Å². The van der Waals surface area contributed by atoms with Crippen LogP contribution >= 0.6 is 11.8 Å². The van der Waals surface area contributed by atoms with Crippen molar-refractivity contribution in [2.24, 2.45) is 0 Å². The minimum atomic E-state index is 0.0875. The average Bonchev–Trinajstić information content (AvgIpc) is 2.71. The Kier molecular flexibility index (Phi) is 2.87. The van der Waals surface area contributed by atoms with Crippen molar-refractivity contribution in [2.75, 3.05) is 0 Å². The van der Waals surface area contributed by atoms with Gasteiger partial charge in [0.15, 0.2) is 10.9 Å². The molecule has 0 spiro atoms. The molecule has 0 atom stereocenters. The fraction of sp³-hybridized carbons (Fsp3) is 0.0909. The highest BCUT2D eigenvalue weighted by Gasteiger charge is 2.01. The van der Waals surface area contributed by atoms with Gasteiger partial charge in [-0.05, 0) is 19.1 Å². The van der Waals surface area contributed by atoms with Crippen LogP contribution in [-0.2, 0) is 0 Å². The van der Waals surface area contributed by atoms with Crippen LogP contribution in [0.1, 0.15) is 17.3 Å². The van der Waals surface area contributed by atoms with Gasteiger partial charge >= 0.3 is 0 Å². The van der Waals surface area contributed by atoms with Crippen LogP contribution in [0.25, 0.3) is 0 Å². The lowest BCUT2D eigenvalue weighted by atomic mass is 10.2. The van der Waals surface area contributed by atoms with Crippen molar-refractivity contribution in [2.45, 2.75) is 17.0 Å². The van der Waals surface area contributed by atoms with Crippen LogP contribution in [0.3, 0.4) is 0 Å². The number of benzene rings is 1. The molecular formula is C11H10N2OS. The zero-order valence-corrected chi connectivity index (χ0v) is 9.04. The van der Waals surface area contributed by atoms with Crippen LogP contribution < -0.4 is 0 Å². The van der Waals surface area contributed by atoms with Gasteiger partial charge in [-0.25, -0.2) is 4.98 Å². The topological polar surface area (TPSA) is 45.8 Å². The van der Waals surface area contributed by atoms with Crippen molar-refractivity contribution >= 4 is 17.5 Å². The van der Waals surface area contributed by atoms with Crippen molar-refractivity contribution in [1.82, 2.24) is 9.97 Å². The lowest BCUT2D eigenvalue weighted by Crippen LogP contribution is -1.90. The third-order valence-corrected chi connectivity index (χ3v) is 2.87. The van der Waals surface area contributed by atoms with E-state index >= 15 is 0 Å². The summed E-state index contributed by atoms with van der Waals surface area (Å²) in [5, 5.41) is 0.852. The summed E-state index contributed by atoms with van der Waals surface area (Å²) in [7, 11) is 0. The number of carbonyl (C=O) groups is 1. The monoisotopic (exact) mass is 218 g/mol. The number of hydrogen-bond donors (Lipinski definition) is 1. The Morgan fingerprint density at radius 2 is 2.07 bits per heavy atom. The molecular weight excluding hydrogens is 208 g/mol. The van der Waals surface area contributed by atoms with E-state index in [4.69, 9.17) is 0 Å². The molecule has 1 aromatic heterocycles. The summed E-state index contributed by atoms with van der Waals surface area (Å²) in [5.41, 5.74) is 0.735. The van der Waals surface area contributed by atoms with E-state index in [1.807, 2.05) is 24.3 Å². The maximum atomic E-state index is 11.0. The summed E-state index contributed by atoms with van der Waals surface area (Å²) in [6, 6.07) is 7.50. The summed E-state index contributed by atoms with van der Waals surface area (Å²) in [6.45, 7) is 1.56. The van der Waals surface area contributed by atoms with Crippen molar-refractivity contribution in [1.29, 1.82) is 0 Å². The summed E-state index contributed by atoms with van der Waals surface area (Å²) in [4.78, 5) is 19.2. The Hall–Kier alpha value is -1.55. The molecule has 1 aromatic carbocycles. The van der Waals surface area contributed by atoms with Gasteiger partial charge in [0, 0.05) is 22.9 Å². The molecule has 0 aliphatic heterocycles. The van der Waals surface area contributed by atoms with Gasteiger partial charge in [-0.15, -0.1) is 0 Å². The summed E-state index contributed by atoms with van der Waals surface area (Å²) >= 11 is 1.54. The van der Waals surface area contributed by atoms with E-state index in [1.165, 1.54) is 11.8 Å². The van der Waals surface area contributed by atoms with Gasteiger partial charge in [-0.2, -0.15) is 0 Å². The van der Waals surface area contributed by atoms with Gasteiger partial charge < -0.3 is 4.98 Å². The first-order valence-electron chi connectivity index (χ1n) is 4.54. The molecule has 76 valence electrons. The van der Waals surface area contributed by atoms with Crippen LogP contribution in [0.5, 0.6) is 0 Å². The largest absolute Gasteiger partial charge is 0.339 e. The fourth-order valence-electron chi connectivity index (χ4n) is 1.18. The maximum Gasteiger partial charge on any atom is 0.170 e. The number of nitrogens with one attached hydrogen (secondary N) is 1. The molecule has 0 bridgehead atoms. The zero-order valence-electron chi connectivity index (χ0n) is 8.23. The van der Waals surface area contributed by atoms with E-state index in [9.17, 15) is 4.79 Å². The van der Waals surface area contributed by atoms with Gasteiger partial charge in [0.05, 0.1) is 0 Å². The summed E-state index contributed by atoms with van der Waals surface area (Å²) in [6.07, 6.45) is 3.50. The number of ketones is 1. The molecule has 0 aliphatic rings. The van der Waals surface area contributed by atoms with Crippen molar-refractivity contribution in [3.05, 3.63) is 42.2 Å². The standard InChI is InChI=1S/C11H10N2OS/c1-8(14)9-2-4-10(5-3-9)15-11-12-6-7-13-11/h2-7H,1H3,(H,12,13). The highest BCUT2D eigenvalue weighted by molar-refractivity contribution is 7.99. The highest BCUT2D eigenvalue weighted by Crippen LogP contribution is 2.24. The van der Waals surface area contributed by atoms with Crippen molar-refractivity contribution in [3.63, 3.8) is 0 Å². The number of imidazole rings is 1. The molecule has 2 rings (SSSR count). The lowest BCUT2D eigenvalue weighted by Gasteiger charge is -1.99. The van der Waals surface area contributed by atoms with E-state index in [-0.39, 0.29) is 5.78 Å². The Labute approximate surface area is 91.9 Å². The second-order valence-corrected chi connectivity index (χ2v) is 4.14. The molecule has 2 aromatic rings. The molecule has 0 saturated heterocycles. The minimum absolute atomic E-state index is 0.0875. The third-order valence-electron chi connectivity index (χ3n) is 1.95. The molecule has 0 fully saturated rings. The van der Waals surface area contributed by atoms with Crippen molar-refractivity contribution < 1.29 is 4.79 Å². The Balaban J connectivity index is 2.14. The van der Waals surface area contributed by atoms with E-state index in [1.54, 1.807) is 19.3 Å². The molecule has 0 saturated carbocycles. The number of aromatic nitrogens is 2. The number of hydrogen-bond acceptors (Lipinski definition) is 3. The van der Waals surface area contributed by atoms with Crippen LogP contribution in [0.2, 0.25) is 0 Å². The quantitative estimate of drug-likeness (QED) is 0.806. The highest BCUT2D eigenvalue weighted by atomic mass is 32.2. The molecule has 15 heavy (non-hydrogen) atoms. The number of rotatable bonds is 3. The summed E-state index contributed by atoms with van der Waals surface area (Å²) in [5.74, 6) is 0.0875. The first-order valence-corrected chi connectivity index (χ1v) is 5.35. The predicted molar refractivity (Wildman–Crippen MR) is 59.2 cm³/mol. The zero-order chi connectivity index (χ0) is 10.7. The molecule has 1 heterocycles. The van der Waals surface area contributed by atoms with Gasteiger partial charge in [0.2, 0.25) is 0 Å². The second kappa shape index (κ2) is 4.31. The number of nitrogens with zero attached hydrogens (tertiary/aromatic N) is 1. The van der Waals surface area contributed by atoms with Gasteiger partial charge in [-0.1, -0.05) is 23.9 Å². The molecule has 0 radical (unpaired) electrons. The Morgan fingerprint density at radius 1 is 1.33 bits per heavy atom. The third kappa shape index (κ3) is 2.47. The normalized spacial score (nSPS) is 10.2. The van der Waals surface area contributed by atoms with E-state index in [2.05, 4.69) is 9.97 Å². The van der Waals surface area contributed by atoms with Gasteiger partial charge in [-0.3, -0.25) is 4.79 Å². The fourth-order valence-corrected chi connectivity index (χ4v) is 1.91. The maximum absolute atomic E-state index is 11.0. The van der Waals surface area contributed by atoms with Gasteiger partial charge in [0.1, 0.15) is 0 Å². The summed E-state index contributed by atoms with van der Waals surface area (Å²) < 4.78 is 0. The van der Waals surface area contributed by atoms with E-state index in [0.29, 0.717) is 0 Å². The van der Waals surface area contributed by atoms with Crippen LogP contribution in [-0.4, -0.2) is 15.8 Å². The van der Waals surface area contributed by atoms with E-state index in [0.717, 1.165) is 15.6 Å². The number of aromatic amines is 1. The average molecular weight is 218 g/mol. The number of Topliss-reactive ketones (excluding diaryl/α,β-unsaturated/α-hetero) is 1. The molecule has 0 amide bonds. The number of H-pyrrole nitrogens is 1. The first kappa shape index (κ1) is 9.98. The van der Waals surface area contributed by atoms with Crippen LogP contribution in [0.15, 0.2) is 46.7 Å². The molecule has 3 nitrogen and oxygen atoms in total. The van der Waals surface area contributed by atoms with Crippen LogP contribution in [0.4, 0.5) is 0 Å². The van der Waals surface area contributed by atoms with E-state index < -0.39 is 0 Å². The molecule has 1 N–H and O–H groups in total. The molecule has 0 aliphatic carbocycles. The molecule has 4 heteroatoms. The SMILES string of the molecule is CC(=O)c1ccc(Sc2ncc[nH]2)cc1. The smallest absolute Gasteiger partial charge is 0.170 e. The minimum Gasteiger partial charge on any atom is -0.339 e. The Morgan fingerprint density at radius 3 is 2.60 bits per heavy atom. The lowest BCUT2D eigenvalue weighted by molar-refractivity contribution is 0.101. The van der Waals surface area contributed by atoms with Gasteiger partial charge in [0.25, 0.3) is 0 Å². The second-order valence-electron chi connectivity index (χ2n) is 3.08. The Bertz CT molecular complexity index is 448. The first-order chi connectivity index (χ1) is 7.25. The predicted octanol–water partition coefficient (Wildman–Crippen LogP) is 2.76. The van der Waals surface area contributed by atoms with Crippen LogP contribution in [0, 0.1) is 0 Å².